The lowest BCUT2D eigenvalue weighted by Crippen LogP contribution is -2.58. The Bertz CT molecular complexity index is 2490. The minimum atomic E-state index is -0.779. The van der Waals surface area contributed by atoms with Gasteiger partial charge in [0.25, 0.3) is 0 Å². The molecular formula is C56H53FO6. The first kappa shape index (κ1) is 42.4. The van der Waals surface area contributed by atoms with Gasteiger partial charge in [-0.15, -0.1) is 0 Å². The number of halogens is 1. The molecule has 1 heterocycles. The standard InChI is InChI=1S/C56H53FO6/c57-50-33-51(59-35-41-18-8-2-9-19-41)49(32-48(50)31-45-26-27-46-28-29-47(46)30-45)53-55(61-37-43-22-12-4-13-23-43)56(62-38-44-24-14-5-15-25-44)54(60-36-42-20-10-3-11-21-42)52(63-53)39-58-34-40-16-6-1-7-17-40/h1-27,30,32-33,52-56H,28-29,31,34-39H2/t52-,53+,54-,55+,56+/m1/s1. The van der Waals surface area contributed by atoms with Crippen LogP contribution in [0.25, 0.3) is 0 Å². The van der Waals surface area contributed by atoms with Crippen molar-refractivity contribution in [3.63, 3.8) is 0 Å². The molecule has 6 nitrogen and oxygen atoms in total. The zero-order valence-corrected chi connectivity index (χ0v) is 35.4. The van der Waals surface area contributed by atoms with Crippen molar-refractivity contribution in [2.24, 2.45) is 0 Å². The Hall–Kier alpha value is -5.93. The molecule has 7 heteroatoms. The van der Waals surface area contributed by atoms with Crippen LogP contribution in [0.1, 0.15) is 61.7 Å². The summed E-state index contributed by atoms with van der Waals surface area (Å²) in [4.78, 5) is 0. The Morgan fingerprint density at radius 2 is 0.952 bits per heavy atom. The lowest BCUT2D eigenvalue weighted by molar-refractivity contribution is -0.275. The van der Waals surface area contributed by atoms with Gasteiger partial charge in [0.15, 0.2) is 0 Å². The number of ether oxygens (including phenoxy) is 6. The maximum Gasteiger partial charge on any atom is 0.130 e. The molecule has 0 radical (unpaired) electrons. The van der Waals surface area contributed by atoms with Crippen LogP contribution < -0.4 is 4.74 Å². The SMILES string of the molecule is Fc1cc(OCc2ccccc2)c([C@@H]2O[C@H](COCc3ccccc3)[C@@H](OCc3ccccc3)[C@H](OCc3ccccc3)[C@H]2OCc2ccccc2)cc1Cc1ccc2c(c1)CC2. The summed E-state index contributed by atoms with van der Waals surface area (Å²) in [6.07, 6.45) is -0.873. The van der Waals surface area contributed by atoms with Gasteiger partial charge in [-0.3, -0.25) is 0 Å². The van der Waals surface area contributed by atoms with Gasteiger partial charge in [-0.2, -0.15) is 0 Å². The summed E-state index contributed by atoms with van der Waals surface area (Å²) in [7, 11) is 0. The quantitative estimate of drug-likeness (QED) is 0.0808. The van der Waals surface area contributed by atoms with Crippen LogP contribution in [0.4, 0.5) is 4.39 Å². The molecule has 320 valence electrons. The summed E-state index contributed by atoms with van der Waals surface area (Å²) in [5.74, 6) is 0.0377. The highest BCUT2D eigenvalue weighted by Gasteiger charge is 2.50. The van der Waals surface area contributed by atoms with E-state index in [-0.39, 0.29) is 25.6 Å². The first-order valence-corrected chi connectivity index (χ1v) is 22.0. The molecule has 7 aromatic carbocycles. The van der Waals surface area contributed by atoms with Gasteiger partial charge in [-0.05, 0) is 69.0 Å². The third kappa shape index (κ3) is 11.0. The molecule has 0 amide bonds. The van der Waals surface area contributed by atoms with E-state index < -0.39 is 30.5 Å². The predicted molar refractivity (Wildman–Crippen MR) is 243 cm³/mol. The van der Waals surface area contributed by atoms with Crippen molar-refractivity contribution in [2.45, 2.75) is 82.8 Å². The summed E-state index contributed by atoms with van der Waals surface area (Å²) < 4.78 is 58.1. The molecule has 2 aliphatic rings. The van der Waals surface area contributed by atoms with Crippen LogP contribution in [0.3, 0.4) is 0 Å². The molecular weight excluding hydrogens is 788 g/mol. The van der Waals surface area contributed by atoms with Gasteiger partial charge in [-0.1, -0.05) is 170 Å². The highest BCUT2D eigenvalue weighted by atomic mass is 19.1. The first-order chi connectivity index (χ1) is 31.1. The fourth-order valence-corrected chi connectivity index (χ4v) is 8.46. The Balaban J connectivity index is 1.14. The summed E-state index contributed by atoms with van der Waals surface area (Å²) in [5.41, 5.74) is 10.0. The van der Waals surface area contributed by atoms with Gasteiger partial charge in [0, 0.05) is 18.1 Å². The van der Waals surface area contributed by atoms with Crippen molar-refractivity contribution in [3.05, 3.63) is 243 Å². The molecule has 9 rings (SSSR count). The third-order valence-electron chi connectivity index (χ3n) is 11.9. The predicted octanol–water partition coefficient (Wildman–Crippen LogP) is 11.5. The molecule has 1 fully saturated rings. The van der Waals surface area contributed by atoms with E-state index in [1.807, 2.05) is 146 Å². The molecule has 5 atom stereocenters. The van der Waals surface area contributed by atoms with Crippen LogP contribution in [-0.4, -0.2) is 31.0 Å². The number of hydrogen-bond acceptors (Lipinski definition) is 6. The number of aryl methyl sites for hydroxylation is 2. The van der Waals surface area contributed by atoms with Crippen molar-refractivity contribution in [1.29, 1.82) is 0 Å². The van der Waals surface area contributed by atoms with E-state index in [1.54, 1.807) is 0 Å². The van der Waals surface area contributed by atoms with Crippen molar-refractivity contribution in [3.8, 4) is 5.75 Å². The number of hydrogen-bond donors (Lipinski definition) is 0. The molecule has 0 unspecified atom stereocenters. The van der Waals surface area contributed by atoms with E-state index in [2.05, 4.69) is 30.3 Å². The molecule has 0 bridgehead atoms. The normalized spacial score (nSPS) is 19.2. The highest BCUT2D eigenvalue weighted by Crippen LogP contribution is 2.43. The Morgan fingerprint density at radius 1 is 0.460 bits per heavy atom. The fraction of sp³-hybridized carbons (Fsp3) is 0.250. The smallest absolute Gasteiger partial charge is 0.130 e. The van der Waals surface area contributed by atoms with E-state index in [0.717, 1.165) is 46.2 Å². The van der Waals surface area contributed by atoms with E-state index in [9.17, 15) is 0 Å². The Morgan fingerprint density at radius 3 is 1.48 bits per heavy atom. The molecule has 0 N–H and O–H groups in total. The number of fused-ring (bicyclic) bond motifs is 1. The zero-order valence-electron chi connectivity index (χ0n) is 35.4. The van der Waals surface area contributed by atoms with Gasteiger partial charge < -0.3 is 28.4 Å². The van der Waals surface area contributed by atoms with Gasteiger partial charge in [0.2, 0.25) is 0 Å². The van der Waals surface area contributed by atoms with Crippen molar-refractivity contribution >= 4 is 0 Å². The lowest BCUT2D eigenvalue weighted by Gasteiger charge is -2.46. The van der Waals surface area contributed by atoms with Crippen LogP contribution in [0, 0.1) is 5.82 Å². The Labute approximate surface area is 370 Å². The van der Waals surface area contributed by atoms with E-state index in [1.165, 1.54) is 17.2 Å². The topological polar surface area (TPSA) is 55.4 Å². The monoisotopic (exact) mass is 840 g/mol. The first-order valence-electron chi connectivity index (χ1n) is 22.0. The Kier molecular flexibility index (Phi) is 14.1. The minimum absolute atomic E-state index is 0.199. The molecule has 1 aliphatic heterocycles. The summed E-state index contributed by atoms with van der Waals surface area (Å²) in [6, 6.07) is 60.2. The summed E-state index contributed by atoms with van der Waals surface area (Å²) in [6.45, 7) is 1.72. The largest absolute Gasteiger partial charge is 0.488 e. The minimum Gasteiger partial charge on any atom is -0.488 e. The molecule has 7 aromatic rings. The average Bonchev–Trinajstić information content (AvgIpc) is 3.32. The highest BCUT2D eigenvalue weighted by molar-refractivity contribution is 5.45. The molecule has 63 heavy (non-hydrogen) atoms. The second-order valence-corrected chi connectivity index (χ2v) is 16.4. The van der Waals surface area contributed by atoms with Crippen molar-refractivity contribution < 1.29 is 32.8 Å². The maximum absolute atomic E-state index is 16.6. The lowest BCUT2D eigenvalue weighted by atomic mass is 9.85. The van der Waals surface area contributed by atoms with E-state index >= 15 is 4.39 Å². The van der Waals surface area contributed by atoms with Crippen LogP contribution in [0.5, 0.6) is 5.75 Å². The number of benzene rings is 7. The second-order valence-electron chi connectivity index (χ2n) is 16.4. The summed E-state index contributed by atoms with van der Waals surface area (Å²) >= 11 is 0. The van der Waals surface area contributed by atoms with Crippen LogP contribution in [0.2, 0.25) is 0 Å². The molecule has 0 aromatic heterocycles. The van der Waals surface area contributed by atoms with Crippen LogP contribution >= 0.6 is 0 Å². The molecule has 0 saturated carbocycles. The third-order valence-corrected chi connectivity index (χ3v) is 11.9. The molecule has 0 spiro atoms. The van der Waals surface area contributed by atoms with E-state index in [4.69, 9.17) is 28.4 Å². The van der Waals surface area contributed by atoms with Crippen molar-refractivity contribution in [1.82, 2.24) is 0 Å². The zero-order chi connectivity index (χ0) is 42.6. The molecule has 1 aliphatic carbocycles. The summed E-state index contributed by atoms with van der Waals surface area (Å²) in [5, 5.41) is 0. The second kappa shape index (κ2) is 21.0. The van der Waals surface area contributed by atoms with Crippen molar-refractivity contribution in [2.75, 3.05) is 6.61 Å². The van der Waals surface area contributed by atoms with Gasteiger partial charge >= 0.3 is 0 Å². The van der Waals surface area contributed by atoms with Crippen LogP contribution in [-0.2, 0) is 76.0 Å². The van der Waals surface area contributed by atoms with Crippen LogP contribution in [0.15, 0.2) is 182 Å². The molecule has 1 saturated heterocycles. The van der Waals surface area contributed by atoms with Gasteiger partial charge in [0.1, 0.15) is 48.7 Å². The van der Waals surface area contributed by atoms with E-state index in [0.29, 0.717) is 43.1 Å². The fourth-order valence-electron chi connectivity index (χ4n) is 8.46. The maximum atomic E-state index is 16.6. The number of rotatable bonds is 19. The average molecular weight is 841 g/mol. The van der Waals surface area contributed by atoms with Gasteiger partial charge in [-0.25, -0.2) is 4.39 Å². The van der Waals surface area contributed by atoms with Gasteiger partial charge in [0.05, 0.1) is 33.0 Å².